The Kier molecular flexibility index (Phi) is 4.52. The van der Waals surface area contributed by atoms with Gasteiger partial charge in [0, 0.05) is 31.7 Å². The molecule has 2 unspecified atom stereocenters. The van der Waals surface area contributed by atoms with Gasteiger partial charge in [-0.3, -0.25) is 9.59 Å². The third-order valence-corrected chi connectivity index (χ3v) is 3.57. The molecule has 0 saturated carbocycles. The molecule has 0 radical (unpaired) electrons. The molecule has 1 heterocycles. The minimum absolute atomic E-state index is 0.00533. The molecule has 1 aromatic rings. The number of carboxylic acids is 1. The minimum atomic E-state index is -1.18. The Morgan fingerprint density at radius 3 is 2.76 bits per heavy atom. The Labute approximate surface area is 120 Å². The van der Waals surface area contributed by atoms with Gasteiger partial charge in [-0.25, -0.2) is 8.78 Å². The maximum atomic E-state index is 14.0. The van der Waals surface area contributed by atoms with Crippen LogP contribution in [0.2, 0.25) is 0 Å². The van der Waals surface area contributed by atoms with Crippen molar-refractivity contribution in [2.45, 2.75) is 12.5 Å². The first-order chi connectivity index (χ1) is 9.95. The quantitative estimate of drug-likeness (QED) is 0.896. The lowest BCUT2D eigenvalue weighted by Gasteiger charge is -2.27. The van der Waals surface area contributed by atoms with E-state index in [1.54, 1.807) is 0 Å². The van der Waals surface area contributed by atoms with E-state index >= 15 is 0 Å². The molecule has 1 aromatic carbocycles. The van der Waals surface area contributed by atoms with Crippen LogP contribution in [-0.2, 0) is 14.3 Å². The second-order valence-corrected chi connectivity index (χ2v) is 4.84. The molecular weight excluding hydrogens is 284 g/mol. The number of methoxy groups -OCH3 is 1. The van der Waals surface area contributed by atoms with Crippen molar-refractivity contribution >= 4 is 11.9 Å². The summed E-state index contributed by atoms with van der Waals surface area (Å²) in [6, 6.07) is 1.97. The number of hydrogen-bond donors (Lipinski definition) is 1. The molecule has 1 aliphatic rings. The Bertz CT molecular complexity index is 564. The lowest BCUT2D eigenvalue weighted by molar-refractivity contribution is -0.142. The summed E-state index contributed by atoms with van der Waals surface area (Å²) in [5.74, 6) is -4.24. The third-order valence-electron chi connectivity index (χ3n) is 3.57. The van der Waals surface area contributed by atoms with Crippen molar-refractivity contribution in [1.82, 2.24) is 4.90 Å². The van der Waals surface area contributed by atoms with E-state index in [9.17, 15) is 23.5 Å². The lowest BCUT2D eigenvalue weighted by atomic mass is 9.93. The zero-order valence-corrected chi connectivity index (χ0v) is 11.4. The molecule has 1 N–H and O–H groups in total. The smallest absolute Gasteiger partial charge is 0.309 e. The number of aliphatic carboxylic acids is 1. The van der Waals surface area contributed by atoms with Gasteiger partial charge in [0.25, 0.3) is 0 Å². The molecule has 114 valence electrons. The average Bonchev–Trinajstić information content (AvgIpc) is 2.74. The molecule has 7 heteroatoms. The Morgan fingerprint density at radius 1 is 1.48 bits per heavy atom. The molecule has 5 nitrogen and oxygen atoms in total. The maximum absolute atomic E-state index is 14.0. The highest BCUT2D eigenvalue weighted by Crippen LogP contribution is 2.39. The first-order valence-corrected chi connectivity index (χ1v) is 6.42. The van der Waals surface area contributed by atoms with Crippen molar-refractivity contribution in [2.75, 3.05) is 20.3 Å². The maximum Gasteiger partial charge on any atom is 0.309 e. The van der Waals surface area contributed by atoms with Gasteiger partial charge in [-0.15, -0.1) is 0 Å². The molecule has 1 fully saturated rings. The molecule has 1 saturated heterocycles. The first-order valence-electron chi connectivity index (χ1n) is 6.42. The van der Waals surface area contributed by atoms with E-state index in [4.69, 9.17) is 4.74 Å². The van der Waals surface area contributed by atoms with Crippen LogP contribution in [0.25, 0.3) is 0 Å². The highest BCUT2D eigenvalue weighted by Gasteiger charge is 2.45. The topological polar surface area (TPSA) is 66.8 Å². The predicted molar refractivity (Wildman–Crippen MR) is 68.4 cm³/mol. The molecule has 1 amide bonds. The molecule has 2 rings (SSSR count). The predicted octanol–water partition coefficient (Wildman–Crippen LogP) is 1.59. The van der Waals surface area contributed by atoms with Crippen LogP contribution in [0.1, 0.15) is 18.0 Å². The number of rotatable bonds is 5. The number of halogens is 2. The Morgan fingerprint density at radius 2 is 2.19 bits per heavy atom. The van der Waals surface area contributed by atoms with Crippen LogP contribution < -0.4 is 0 Å². The monoisotopic (exact) mass is 299 g/mol. The summed E-state index contributed by atoms with van der Waals surface area (Å²) in [5, 5.41) is 9.24. The summed E-state index contributed by atoms with van der Waals surface area (Å²) in [6.45, 7) is 0.359. The summed E-state index contributed by atoms with van der Waals surface area (Å²) in [4.78, 5) is 24.6. The van der Waals surface area contributed by atoms with Gasteiger partial charge >= 0.3 is 5.97 Å². The normalized spacial score (nSPS) is 21.9. The summed E-state index contributed by atoms with van der Waals surface area (Å²) in [7, 11) is 1.45. The Balaban J connectivity index is 2.41. The number of benzene rings is 1. The van der Waals surface area contributed by atoms with Crippen LogP contribution in [0.5, 0.6) is 0 Å². The number of carbonyl (C=O) groups is 2. The van der Waals surface area contributed by atoms with Crippen molar-refractivity contribution in [3.05, 3.63) is 35.4 Å². The van der Waals surface area contributed by atoms with Crippen molar-refractivity contribution in [3.8, 4) is 0 Å². The van der Waals surface area contributed by atoms with Crippen LogP contribution in [0.15, 0.2) is 18.2 Å². The fourth-order valence-corrected chi connectivity index (χ4v) is 2.59. The highest BCUT2D eigenvalue weighted by molar-refractivity contribution is 5.87. The van der Waals surface area contributed by atoms with Gasteiger partial charge in [-0.05, 0) is 6.07 Å². The van der Waals surface area contributed by atoms with E-state index in [1.165, 1.54) is 18.1 Å². The summed E-state index contributed by atoms with van der Waals surface area (Å²) < 4.78 is 31.9. The second-order valence-electron chi connectivity index (χ2n) is 4.84. The second kappa shape index (κ2) is 6.17. The minimum Gasteiger partial charge on any atom is -0.481 e. The molecule has 0 bridgehead atoms. The SMILES string of the molecule is COCCN1C(=O)CC(C(=O)O)C1c1ccc(F)cc1F. The molecular formula is C14H15F2NO4. The number of hydrogen-bond acceptors (Lipinski definition) is 3. The lowest BCUT2D eigenvalue weighted by Crippen LogP contribution is -2.33. The van der Waals surface area contributed by atoms with Gasteiger partial charge in [-0.1, -0.05) is 6.07 Å². The number of likely N-dealkylation sites (tertiary alicyclic amines) is 1. The summed E-state index contributed by atoms with van der Waals surface area (Å²) in [5.41, 5.74) is 0.00533. The van der Waals surface area contributed by atoms with Gasteiger partial charge in [0.2, 0.25) is 5.91 Å². The van der Waals surface area contributed by atoms with E-state index < -0.39 is 29.6 Å². The van der Waals surface area contributed by atoms with Gasteiger partial charge < -0.3 is 14.7 Å². The summed E-state index contributed by atoms with van der Waals surface area (Å²) >= 11 is 0. The van der Waals surface area contributed by atoms with Crippen molar-refractivity contribution in [2.24, 2.45) is 5.92 Å². The van der Waals surface area contributed by atoms with Gasteiger partial charge in [0.1, 0.15) is 11.6 Å². The van der Waals surface area contributed by atoms with Crippen LogP contribution in [-0.4, -0.2) is 42.1 Å². The molecule has 1 aliphatic heterocycles. The van der Waals surface area contributed by atoms with Crippen molar-refractivity contribution < 1.29 is 28.2 Å². The zero-order chi connectivity index (χ0) is 15.6. The van der Waals surface area contributed by atoms with Gasteiger partial charge in [0.05, 0.1) is 18.6 Å². The van der Waals surface area contributed by atoms with Crippen LogP contribution in [0, 0.1) is 17.6 Å². The number of nitrogens with zero attached hydrogens (tertiary/aromatic N) is 1. The highest BCUT2D eigenvalue weighted by atomic mass is 19.1. The fraction of sp³-hybridized carbons (Fsp3) is 0.429. The van der Waals surface area contributed by atoms with Crippen LogP contribution in [0.4, 0.5) is 8.78 Å². The first kappa shape index (κ1) is 15.4. The zero-order valence-electron chi connectivity index (χ0n) is 11.4. The van der Waals surface area contributed by atoms with Crippen molar-refractivity contribution in [3.63, 3.8) is 0 Å². The number of amides is 1. The van der Waals surface area contributed by atoms with Crippen LogP contribution in [0.3, 0.4) is 0 Å². The largest absolute Gasteiger partial charge is 0.481 e. The van der Waals surface area contributed by atoms with E-state index in [0.29, 0.717) is 6.07 Å². The van der Waals surface area contributed by atoms with E-state index in [2.05, 4.69) is 0 Å². The molecule has 21 heavy (non-hydrogen) atoms. The third kappa shape index (κ3) is 3.02. The van der Waals surface area contributed by atoms with E-state index in [-0.39, 0.29) is 31.0 Å². The number of ether oxygens (including phenoxy) is 1. The van der Waals surface area contributed by atoms with Crippen LogP contribution >= 0.6 is 0 Å². The van der Waals surface area contributed by atoms with E-state index in [1.807, 2.05) is 0 Å². The average molecular weight is 299 g/mol. The molecule has 2 atom stereocenters. The van der Waals surface area contributed by atoms with Gasteiger partial charge in [-0.2, -0.15) is 0 Å². The summed E-state index contributed by atoms with van der Waals surface area (Å²) in [6.07, 6.45) is -0.208. The molecule has 0 aliphatic carbocycles. The number of carboxylic acid groups (broad SMARTS) is 1. The molecule has 0 spiro atoms. The fourth-order valence-electron chi connectivity index (χ4n) is 2.59. The standard InChI is InChI=1S/C14H15F2NO4/c1-21-5-4-17-12(18)7-10(14(19)20)13(17)9-3-2-8(15)6-11(9)16/h2-3,6,10,13H,4-5,7H2,1H3,(H,19,20). The van der Waals surface area contributed by atoms with Crippen molar-refractivity contribution in [1.29, 1.82) is 0 Å². The number of carbonyl (C=O) groups excluding carboxylic acids is 1. The van der Waals surface area contributed by atoms with E-state index in [0.717, 1.165) is 6.07 Å². The van der Waals surface area contributed by atoms with Gasteiger partial charge in [0.15, 0.2) is 0 Å². The molecule has 0 aromatic heterocycles. The Hall–Kier alpha value is -2.02.